The number of thioether (sulfide) groups is 1. The summed E-state index contributed by atoms with van der Waals surface area (Å²) < 4.78 is 6.12. The first-order valence-corrected chi connectivity index (χ1v) is 8.60. The Balaban J connectivity index is 2.06. The summed E-state index contributed by atoms with van der Waals surface area (Å²) in [5, 5.41) is 10.9. The second-order valence-corrected chi connectivity index (χ2v) is 7.59. The Hall–Kier alpha value is 0.270. The van der Waals surface area contributed by atoms with Gasteiger partial charge in [-0.05, 0) is 55.9 Å². The first-order chi connectivity index (χ1) is 8.50. The van der Waals surface area contributed by atoms with Gasteiger partial charge in [0, 0.05) is 6.61 Å². The van der Waals surface area contributed by atoms with Crippen molar-refractivity contribution in [3.05, 3.63) is 0 Å². The van der Waals surface area contributed by atoms with Gasteiger partial charge in [-0.2, -0.15) is 11.8 Å². The molecule has 1 spiro atoms. The van der Waals surface area contributed by atoms with Crippen LogP contribution >= 0.6 is 11.8 Å². The Morgan fingerprint density at radius 1 is 1.44 bits per heavy atom. The maximum absolute atomic E-state index is 10.9. The molecule has 1 N–H and O–H groups in total. The Bertz CT molecular complexity index is 266. The highest BCUT2D eigenvalue weighted by Crippen LogP contribution is 2.45. The van der Waals surface area contributed by atoms with Crippen molar-refractivity contribution < 1.29 is 9.84 Å². The lowest BCUT2D eigenvalue weighted by Crippen LogP contribution is -2.51. The van der Waals surface area contributed by atoms with E-state index in [1.54, 1.807) is 0 Å². The van der Waals surface area contributed by atoms with Crippen LogP contribution in [0.15, 0.2) is 0 Å². The van der Waals surface area contributed by atoms with Crippen LogP contribution in [0, 0.1) is 11.8 Å². The van der Waals surface area contributed by atoms with Crippen molar-refractivity contribution in [3.63, 3.8) is 0 Å². The fourth-order valence-electron chi connectivity index (χ4n) is 3.43. The summed E-state index contributed by atoms with van der Waals surface area (Å²) in [4.78, 5) is 0. The van der Waals surface area contributed by atoms with Crippen molar-refractivity contribution in [1.29, 1.82) is 0 Å². The third-order valence-electron chi connectivity index (χ3n) is 5.33. The summed E-state index contributed by atoms with van der Waals surface area (Å²) in [7, 11) is 0. The van der Waals surface area contributed by atoms with Crippen molar-refractivity contribution >= 4 is 11.8 Å². The molecule has 3 atom stereocenters. The molecule has 3 heteroatoms. The Labute approximate surface area is 116 Å². The predicted octanol–water partition coefficient (Wildman–Crippen LogP) is 3.48. The zero-order valence-electron chi connectivity index (χ0n) is 12.1. The first kappa shape index (κ1) is 14.7. The van der Waals surface area contributed by atoms with Gasteiger partial charge >= 0.3 is 0 Å². The molecule has 0 aromatic heterocycles. The Kier molecular flexibility index (Phi) is 4.66. The van der Waals surface area contributed by atoms with Gasteiger partial charge < -0.3 is 9.84 Å². The molecule has 0 saturated carbocycles. The van der Waals surface area contributed by atoms with E-state index >= 15 is 0 Å². The molecule has 0 radical (unpaired) electrons. The molecule has 0 aromatic rings. The van der Waals surface area contributed by atoms with Crippen LogP contribution in [0.5, 0.6) is 0 Å². The summed E-state index contributed by atoms with van der Waals surface area (Å²) >= 11 is 2.04. The normalized spacial score (nSPS) is 33.0. The molecule has 2 fully saturated rings. The summed E-state index contributed by atoms with van der Waals surface area (Å²) in [6.45, 7) is 7.23. The van der Waals surface area contributed by atoms with E-state index in [9.17, 15) is 5.11 Å². The SMILES string of the molecule is CCC(C)C(C)(O)C1CCOC2(CCSCC2)C1. The molecule has 0 aromatic carbocycles. The molecular formula is C15H28O2S. The summed E-state index contributed by atoms with van der Waals surface area (Å²) in [5.74, 6) is 3.22. The van der Waals surface area contributed by atoms with Crippen LogP contribution in [0.25, 0.3) is 0 Å². The van der Waals surface area contributed by atoms with Gasteiger partial charge in [0.1, 0.15) is 0 Å². The van der Waals surface area contributed by atoms with Gasteiger partial charge in [-0.15, -0.1) is 0 Å². The van der Waals surface area contributed by atoms with E-state index in [0.717, 1.165) is 25.9 Å². The average Bonchev–Trinajstić information content (AvgIpc) is 2.38. The van der Waals surface area contributed by atoms with Crippen molar-refractivity contribution in [1.82, 2.24) is 0 Å². The predicted molar refractivity (Wildman–Crippen MR) is 78.0 cm³/mol. The minimum absolute atomic E-state index is 0.0889. The minimum Gasteiger partial charge on any atom is -0.390 e. The van der Waals surface area contributed by atoms with Crippen LogP contribution < -0.4 is 0 Å². The zero-order chi connectivity index (χ0) is 13.2. The smallest absolute Gasteiger partial charge is 0.0702 e. The average molecular weight is 272 g/mol. The van der Waals surface area contributed by atoms with Gasteiger partial charge in [0.15, 0.2) is 0 Å². The summed E-state index contributed by atoms with van der Waals surface area (Å²) in [6, 6.07) is 0. The van der Waals surface area contributed by atoms with E-state index in [1.165, 1.54) is 24.3 Å². The Morgan fingerprint density at radius 2 is 2.11 bits per heavy atom. The van der Waals surface area contributed by atoms with E-state index in [2.05, 4.69) is 13.8 Å². The molecule has 106 valence electrons. The highest BCUT2D eigenvalue weighted by molar-refractivity contribution is 7.99. The lowest BCUT2D eigenvalue weighted by atomic mass is 9.69. The number of hydrogen-bond acceptors (Lipinski definition) is 3. The quantitative estimate of drug-likeness (QED) is 0.853. The highest BCUT2D eigenvalue weighted by Gasteiger charge is 2.45. The lowest BCUT2D eigenvalue weighted by molar-refractivity contribution is -0.154. The molecule has 2 aliphatic rings. The zero-order valence-corrected chi connectivity index (χ0v) is 12.9. The molecule has 0 aliphatic carbocycles. The second-order valence-electron chi connectivity index (χ2n) is 6.37. The van der Waals surface area contributed by atoms with Crippen LogP contribution in [-0.2, 0) is 4.74 Å². The molecule has 0 bridgehead atoms. The van der Waals surface area contributed by atoms with Gasteiger partial charge in [-0.25, -0.2) is 0 Å². The van der Waals surface area contributed by atoms with Crippen molar-refractivity contribution in [3.8, 4) is 0 Å². The second kappa shape index (κ2) is 5.72. The number of ether oxygens (including phenoxy) is 1. The lowest BCUT2D eigenvalue weighted by Gasteiger charge is -2.48. The molecule has 2 heterocycles. The van der Waals surface area contributed by atoms with Crippen LogP contribution in [0.1, 0.15) is 52.9 Å². The molecule has 0 amide bonds. The maximum Gasteiger partial charge on any atom is 0.0702 e. The number of hydrogen-bond donors (Lipinski definition) is 1. The number of rotatable bonds is 3. The molecule has 18 heavy (non-hydrogen) atoms. The molecule has 2 nitrogen and oxygen atoms in total. The molecule has 3 unspecified atom stereocenters. The molecule has 2 saturated heterocycles. The molecule has 2 rings (SSSR count). The van der Waals surface area contributed by atoms with E-state index in [0.29, 0.717) is 11.8 Å². The van der Waals surface area contributed by atoms with Gasteiger partial charge in [0.05, 0.1) is 11.2 Å². The van der Waals surface area contributed by atoms with E-state index in [-0.39, 0.29) is 5.60 Å². The van der Waals surface area contributed by atoms with Crippen molar-refractivity contribution in [2.45, 2.75) is 64.1 Å². The topological polar surface area (TPSA) is 29.5 Å². The van der Waals surface area contributed by atoms with Crippen LogP contribution in [0.2, 0.25) is 0 Å². The third-order valence-corrected chi connectivity index (χ3v) is 6.32. The fraction of sp³-hybridized carbons (Fsp3) is 1.00. The van der Waals surface area contributed by atoms with E-state index in [4.69, 9.17) is 4.74 Å². The summed E-state index contributed by atoms with van der Waals surface area (Å²) in [5.41, 5.74) is -0.443. The first-order valence-electron chi connectivity index (χ1n) is 7.44. The standard InChI is InChI=1S/C15H28O2S/c1-4-12(2)14(3,16)13-5-8-17-15(11-13)6-9-18-10-7-15/h12-13,16H,4-11H2,1-3H3. The van der Waals surface area contributed by atoms with Gasteiger partial charge in [0.25, 0.3) is 0 Å². The van der Waals surface area contributed by atoms with Crippen LogP contribution in [-0.4, -0.2) is 34.4 Å². The van der Waals surface area contributed by atoms with Crippen molar-refractivity contribution in [2.75, 3.05) is 18.1 Å². The highest BCUT2D eigenvalue weighted by atomic mass is 32.2. The Morgan fingerprint density at radius 3 is 2.72 bits per heavy atom. The van der Waals surface area contributed by atoms with E-state index in [1.807, 2.05) is 18.7 Å². The van der Waals surface area contributed by atoms with Gasteiger partial charge in [0.2, 0.25) is 0 Å². The largest absolute Gasteiger partial charge is 0.390 e. The molecular weight excluding hydrogens is 244 g/mol. The van der Waals surface area contributed by atoms with Crippen molar-refractivity contribution in [2.24, 2.45) is 11.8 Å². The molecule has 2 aliphatic heterocycles. The fourth-order valence-corrected chi connectivity index (χ4v) is 4.67. The third kappa shape index (κ3) is 2.88. The maximum atomic E-state index is 10.9. The van der Waals surface area contributed by atoms with Crippen LogP contribution in [0.4, 0.5) is 0 Å². The van der Waals surface area contributed by atoms with Crippen LogP contribution in [0.3, 0.4) is 0 Å². The monoisotopic (exact) mass is 272 g/mol. The number of aliphatic hydroxyl groups is 1. The van der Waals surface area contributed by atoms with Gasteiger partial charge in [-0.1, -0.05) is 20.3 Å². The summed E-state index contributed by atoms with van der Waals surface area (Å²) in [6.07, 6.45) is 5.47. The van der Waals surface area contributed by atoms with E-state index < -0.39 is 5.60 Å². The minimum atomic E-state index is -0.532. The van der Waals surface area contributed by atoms with Gasteiger partial charge in [-0.3, -0.25) is 0 Å².